The minimum atomic E-state index is -0.153. The highest BCUT2D eigenvalue weighted by Gasteiger charge is 2.20. The number of rotatable bonds is 4. The van der Waals surface area contributed by atoms with Gasteiger partial charge in [0, 0.05) is 23.7 Å². The predicted molar refractivity (Wildman–Crippen MR) is 115 cm³/mol. The van der Waals surface area contributed by atoms with Gasteiger partial charge in [-0.2, -0.15) is 5.10 Å². The molecule has 0 spiro atoms. The summed E-state index contributed by atoms with van der Waals surface area (Å²) < 4.78 is 14.2. The molecular weight excluding hydrogens is 382 g/mol. The van der Waals surface area contributed by atoms with Gasteiger partial charge < -0.3 is 14.6 Å². The summed E-state index contributed by atoms with van der Waals surface area (Å²) in [6, 6.07) is 5.55. The number of nitrogens with zero attached hydrogens (tertiary/aromatic N) is 5. The van der Waals surface area contributed by atoms with Gasteiger partial charge in [0.25, 0.3) is 5.88 Å². The normalized spacial score (nSPS) is 11.8. The fraction of sp³-hybridized carbons (Fsp3) is 0.318. The van der Waals surface area contributed by atoms with E-state index in [9.17, 15) is 5.11 Å². The van der Waals surface area contributed by atoms with Gasteiger partial charge in [-0.3, -0.25) is 9.25 Å². The lowest BCUT2D eigenvalue weighted by Gasteiger charge is -2.18. The summed E-state index contributed by atoms with van der Waals surface area (Å²) in [5.41, 5.74) is 3.69. The van der Waals surface area contributed by atoms with E-state index in [0.717, 1.165) is 22.6 Å². The number of pyridine rings is 2. The summed E-state index contributed by atoms with van der Waals surface area (Å²) in [4.78, 5) is 9.08. The van der Waals surface area contributed by atoms with Crippen molar-refractivity contribution in [2.24, 2.45) is 0 Å². The van der Waals surface area contributed by atoms with Crippen molar-refractivity contribution in [2.45, 2.75) is 33.2 Å². The van der Waals surface area contributed by atoms with Gasteiger partial charge in [-0.15, -0.1) is 0 Å². The van der Waals surface area contributed by atoms with Gasteiger partial charge in [-0.05, 0) is 45.9 Å². The molecule has 1 N–H and O–H groups in total. The highest BCUT2D eigenvalue weighted by molar-refractivity contribution is 5.90. The lowest BCUT2D eigenvalue weighted by molar-refractivity contribution is 0.343. The maximum atomic E-state index is 10.9. The van der Waals surface area contributed by atoms with Gasteiger partial charge in [0.15, 0.2) is 5.75 Å². The van der Waals surface area contributed by atoms with Crippen LogP contribution in [0.25, 0.3) is 27.8 Å². The lowest BCUT2D eigenvalue weighted by atomic mass is 10.1. The van der Waals surface area contributed by atoms with Crippen molar-refractivity contribution < 1.29 is 14.6 Å². The Bertz CT molecular complexity index is 1230. The van der Waals surface area contributed by atoms with E-state index < -0.39 is 0 Å². The van der Waals surface area contributed by atoms with Gasteiger partial charge in [0.05, 0.1) is 48.2 Å². The standard InChI is InChI=1S/C22H25N5O3/c1-13-19-16(21(28)27(13)15-11-24-26(12-15)22(2,3)4)7-8-17(25-19)14-9-18(29-5)20(30-6)23-10-14/h7-12,28H,1-6H3. The van der Waals surface area contributed by atoms with E-state index in [2.05, 4.69) is 30.9 Å². The maximum absolute atomic E-state index is 10.9. The fourth-order valence-corrected chi connectivity index (χ4v) is 3.44. The number of aromatic nitrogens is 5. The first-order valence-electron chi connectivity index (χ1n) is 9.59. The fourth-order valence-electron chi connectivity index (χ4n) is 3.44. The lowest BCUT2D eigenvalue weighted by Crippen LogP contribution is -2.21. The SMILES string of the molecule is COc1cc(-c2ccc3c(O)n(-c4cnn(C(C)(C)C)c4)c(C)c3n2)cnc1OC. The van der Waals surface area contributed by atoms with Gasteiger partial charge >= 0.3 is 0 Å². The van der Waals surface area contributed by atoms with Crippen molar-refractivity contribution >= 4 is 10.9 Å². The highest BCUT2D eigenvalue weighted by Crippen LogP contribution is 2.36. The van der Waals surface area contributed by atoms with Gasteiger partial charge in [0.1, 0.15) is 0 Å². The van der Waals surface area contributed by atoms with E-state index in [1.807, 2.05) is 36.0 Å². The molecule has 156 valence electrons. The van der Waals surface area contributed by atoms with Crippen LogP contribution in [0.3, 0.4) is 0 Å². The van der Waals surface area contributed by atoms with E-state index in [-0.39, 0.29) is 11.4 Å². The minimum absolute atomic E-state index is 0.139. The molecule has 4 heterocycles. The molecule has 0 unspecified atom stereocenters. The molecule has 4 rings (SSSR count). The highest BCUT2D eigenvalue weighted by atomic mass is 16.5. The third-order valence-corrected chi connectivity index (χ3v) is 5.07. The third kappa shape index (κ3) is 3.14. The molecule has 30 heavy (non-hydrogen) atoms. The largest absolute Gasteiger partial charge is 0.494 e. The molecule has 0 fully saturated rings. The molecule has 0 radical (unpaired) electrons. The van der Waals surface area contributed by atoms with Crippen LogP contribution in [0.15, 0.2) is 36.8 Å². The molecule has 0 saturated heterocycles. The van der Waals surface area contributed by atoms with Crippen molar-refractivity contribution in [2.75, 3.05) is 14.2 Å². The molecule has 0 aliphatic rings. The van der Waals surface area contributed by atoms with Gasteiger partial charge in [0.2, 0.25) is 5.88 Å². The van der Waals surface area contributed by atoms with Crippen molar-refractivity contribution in [1.29, 1.82) is 0 Å². The molecule has 0 aliphatic carbocycles. The topological polar surface area (TPSA) is 87.2 Å². The van der Waals surface area contributed by atoms with Crippen LogP contribution < -0.4 is 9.47 Å². The Hall–Kier alpha value is -3.55. The zero-order valence-corrected chi connectivity index (χ0v) is 18.0. The predicted octanol–water partition coefficient (Wildman–Crippen LogP) is 4.07. The number of methoxy groups -OCH3 is 2. The van der Waals surface area contributed by atoms with Crippen LogP contribution in [0, 0.1) is 6.92 Å². The van der Waals surface area contributed by atoms with E-state index >= 15 is 0 Å². The van der Waals surface area contributed by atoms with Crippen LogP contribution >= 0.6 is 0 Å². The van der Waals surface area contributed by atoms with Gasteiger partial charge in [-0.25, -0.2) is 9.97 Å². The number of fused-ring (bicyclic) bond motifs is 1. The first kappa shape index (κ1) is 19.8. The summed E-state index contributed by atoms with van der Waals surface area (Å²) >= 11 is 0. The van der Waals surface area contributed by atoms with Crippen molar-refractivity contribution in [3.8, 4) is 34.5 Å². The summed E-state index contributed by atoms with van der Waals surface area (Å²) in [6.07, 6.45) is 5.36. The summed E-state index contributed by atoms with van der Waals surface area (Å²) in [7, 11) is 3.12. The Kier molecular flexibility index (Phi) is 4.64. The molecule has 4 aromatic rings. The van der Waals surface area contributed by atoms with Crippen LogP contribution in [0.5, 0.6) is 17.5 Å². The molecule has 4 aromatic heterocycles. The molecule has 8 heteroatoms. The molecule has 8 nitrogen and oxygen atoms in total. The van der Waals surface area contributed by atoms with E-state index in [4.69, 9.17) is 14.5 Å². The van der Waals surface area contributed by atoms with Gasteiger partial charge in [-0.1, -0.05) is 0 Å². The second kappa shape index (κ2) is 7.05. The Labute approximate surface area is 174 Å². The van der Waals surface area contributed by atoms with Crippen LogP contribution in [0.4, 0.5) is 0 Å². The van der Waals surface area contributed by atoms with Crippen LogP contribution in [0.1, 0.15) is 26.5 Å². The summed E-state index contributed by atoms with van der Waals surface area (Å²) in [5, 5.41) is 16.0. The smallest absolute Gasteiger partial charge is 0.256 e. The van der Waals surface area contributed by atoms with E-state index in [1.54, 1.807) is 31.2 Å². The molecule has 0 amide bonds. The van der Waals surface area contributed by atoms with E-state index in [0.29, 0.717) is 22.5 Å². The maximum Gasteiger partial charge on any atom is 0.256 e. The van der Waals surface area contributed by atoms with Crippen LogP contribution in [0.2, 0.25) is 0 Å². The number of aryl methyl sites for hydroxylation is 1. The number of aromatic hydroxyl groups is 1. The zero-order valence-electron chi connectivity index (χ0n) is 18.0. The first-order chi connectivity index (χ1) is 14.2. The Morgan fingerprint density at radius 2 is 1.83 bits per heavy atom. The first-order valence-corrected chi connectivity index (χ1v) is 9.59. The molecule has 0 bridgehead atoms. The minimum Gasteiger partial charge on any atom is -0.494 e. The van der Waals surface area contributed by atoms with Crippen LogP contribution in [-0.2, 0) is 5.54 Å². The number of hydrogen-bond acceptors (Lipinski definition) is 6. The zero-order chi connectivity index (χ0) is 21.6. The number of hydrogen-bond donors (Lipinski definition) is 1. The average Bonchev–Trinajstić information content (AvgIpc) is 3.31. The average molecular weight is 407 g/mol. The third-order valence-electron chi connectivity index (χ3n) is 5.07. The van der Waals surface area contributed by atoms with Crippen molar-refractivity contribution in [3.05, 3.63) is 42.5 Å². The quantitative estimate of drug-likeness (QED) is 0.549. The van der Waals surface area contributed by atoms with E-state index in [1.165, 1.54) is 0 Å². The van der Waals surface area contributed by atoms with Crippen LogP contribution in [-0.4, -0.2) is 43.6 Å². The van der Waals surface area contributed by atoms with Crippen molar-refractivity contribution in [3.63, 3.8) is 0 Å². The Morgan fingerprint density at radius 1 is 1.07 bits per heavy atom. The monoisotopic (exact) mass is 407 g/mol. The number of ether oxygens (including phenoxy) is 2. The molecular formula is C22H25N5O3. The summed E-state index contributed by atoms with van der Waals surface area (Å²) in [6.45, 7) is 8.16. The Morgan fingerprint density at radius 3 is 2.47 bits per heavy atom. The Balaban J connectivity index is 1.83. The molecule has 0 atom stereocenters. The summed E-state index contributed by atoms with van der Waals surface area (Å²) in [5.74, 6) is 1.09. The second-order valence-corrected chi connectivity index (χ2v) is 8.09. The molecule has 0 aliphatic heterocycles. The molecule has 0 aromatic carbocycles. The van der Waals surface area contributed by atoms with Crippen molar-refractivity contribution in [1.82, 2.24) is 24.3 Å². The molecule has 0 saturated carbocycles. The second-order valence-electron chi connectivity index (χ2n) is 8.09.